The van der Waals surface area contributed by atoms with Crippen molar-refractivity contribution in [2.75, 3.05) is 0 Å². The quantitative estimate of drug-likeness (QED) is 0.804. The van der Waals surface area contributed by atoms with Crippen LogP contribution >= 0.6 is 0 Å². The molecule has 2 heteroatoms. The molecule has 0 fully saturated rings. The second kappa shape index (κ2) is 3.67. The fraction of sp³-hybridized carbons (Fsp3) is 0.250. The van der Waals surface area contributed by atoms with E-state index < -0.39 is 11.2 Å². The number of aliphatic hydroxyl groups is 2. The molecule has 92 valence electrons. The molecule has 0 spiro atoms. The van der Waals surface area contributed by atoms with E-state index in [1.54, 1.807) is 6.92 Å². The van der Waals surface area contributed by atoms with Crippen molar-refractivity contribution >= 4 is 0 Å². The van der Waals surface area contributed by atoms with Crippen LogP contribution in [0.2, 0.25) is 0 Å². The normalized spacial score (nSPS) is 30.2. The summed E-state index contributed by atoms with van der Waals surface area (Å²) in [5, 5.41) is 21.5. The van der Waals surface area contributed by atoms with Gasteiger partial charge in [-0.15, -0.1) is 0 Å². The van der Waals surface area contributed by atoms with E-state index in [1.165, 1.54) is 0 Å². The Balaban J connectivity index is 2.22. The third kappa shape index (κ3) is 1.50. The van der Waals surface area contributed by atoms with Gasteiger partial charge in [-0.2, -0.15) is 0 Å². The number of hydrogen-bond acceptors (Lipinski definition) is 2. The van der Waals surface area contributed by atoms with Gasteiger partial charge in [0.15, 0.2) is 0 Å². The first-order chi connectivity index (χ1) is 8.54. The van der Waals surface area contributed by atoms with E-state index in [2.05, 4.69) is 0 Å². The highest BCUT2D eigenvalue weighted by molar-refractivity contribution is 5.48. The maximum atomic E-state index is 11.0. The molecule has 2 nitrogen and oxygen atoms in total. The zero-order chi connectivity index (χ0) is 12.8. The molecule has 0 unspecified atom stereocenters. The first kappa shape index (κ1) is 11.5. The van der Waals surface area contributed by atoms with Gasteiger partial charge in [-0.25, -0.2) is 0 Å². The monoisotopic (exact) mass is 240 g/mol. The number of hydrogen-bond donors (Lipinski definition) is 2. The zero-order valence-corrected chi connectivity index (χ0v) is 10.3. The lowest BCUT2D eigenvalue weighted by Gasteiger charge is -2.26. The van der Waals surface area contributed by atoms with Gasteiger partial charge in [-0.3, -0.25) is 0 Å². The van der Waals surface area contributed by atoms with Crippen LogP contribution in [-0.4, -0.2) is 10.2 Å². The van der Waals surface area contributed by atoms with Crippen molar-refractivity contribution in [1.29, 1.82) is 0 Å². The van der Waals surface area contributed by atoms with Gasteiger partial charge in [0.25, 0.3) is 0 Å². The van der Waals surface area contributed by atoms with Crippen LogP contribution in [0.4, 0.5) is 0 Å². The lowest BCUT2D eigenvalue weighted by molar-refractivity contribution is -0.0133. The highest BCUT2D eigenvalue weighted by Crippen LogP contribution is 2.49. The summed E-state index contributed by atoms with van der Waals surface area (Å²) in [7, 11) is 0. The van der Waals surface area contributed by atoms with Gasteiger partial charge in [0, 0.05) is 6.42 Å². The van der Waals surface area contributed by atoms with Gasteiger partial charge >= 0.3 is 0 Å². The third-order valence-corrected chi connectivity index (χ3v) is 3.80. The topological polar surface area (TPSA) is 40.5 Å². The molecule has 0 radical (unpaired) electrons. The first-order valence-electron chi connectivity index (χ1n) is 6.14. The van der Waals surface area contributed by atoms with Crippen LogP contribution in [0.5, 0.6) is 0 Å². The van der Waals surface area contributed by atoms with E-state index in [0.29, 0.717) is 6.42 Å². The van der Waals surface area contributed by atoms with Crippen molar-refractivity contribution in [3.05, 3.63) is 71.3 Å². The summed E-state index contributed by atoms with van der Waals surface area (Å²) < 4.78 is 0. The van der Waals surface area contributed by atoms with E-state index >= 15 is 0 Å². The summed E-state index contributed by atoms with van der Waals surface area (Å²) in [6.45, 7) is 1.76. The minimum Gasteiger partial charge on any atom is -0.385 e. The minimum atomic E-state index is -1.10. The summed E-state index contributed by atoms with van der Waals surface area (Å²) in [5.74, 6) is 0. The molecule has 18 heavy (non-hydrogen) atoms. The smallest absolute Gasteiger partial charge is 0.118 e. The van der Waals surface area contributed by atoms with Crippen molar-refractivity contribution in [1.82, 2.24) is 0 Å². The Morgan fingerprint density at radius 3 is 2.06 bits per heavy atom. The Morgan fingerprint density at radius 2 is 1.39 bits per heavy atom. The largest absolute Gasteiger partial charge is 0.385 e. The summed E-state index contributed by atoms with van der Waals surface area (Å²) >= 11 is 0. The molecule has 1 aliphatic rings. The van der Waals surface area contributed by atoms with Crippen molar-refractivity contribution < 1.29 is 10.2 Å². The molecule has 0 heterocycles. The highest BCUT2D eigenvalue weighted by atomic mass is 16.3. The molecule has 2 aromatic carbocycles. The number of fused-ring (bicyclic) bond motifs is 1. The van der Waals surface area contributed by atoms with Gasteiger partial charge < -0.3 is 10.2 Å². The predicted octanol–water partition coefficient (Wildman–Crippen LogP) is 2.53. The maximum Gasteiger partial charge on any atom is 0.118 e. The Morgan fingerprint density at radius 1 is 0.833 bits per heavy atom. The van der Waals surface area contributed by atoms with Crippen LogP contribution in [0.15, 0.2) is 54.6 Å². The standard InChI is InChI=1S/C16H16O2/c1-15(17)11-16(18,12-7-3-2-4-8-12)14-10-6-5-9-13(14)15/h2-10,17-18H,11H2,1H3/t15-,16+/m0/s1. The SMILES string of the molecule is C[C@]1(O)C[C@@](O)(c2ccccc2)c2ccccc21. The Kier molecular flexibility index (Phi) is 2.34. The summed E-state index contributed by atoms with van der Waals surface area (Å²) in [6, 6.07) is 17.1. The third-order valence-electron chi connectivity index (χ3n) is 3.80. The van der Waals surface area contributed by atoms with Crippen LogP contribution in [-0.2, 0) is 11.2 Å². The Bertz CT molecular complexity index is 575. The maximum absolute atomic E-state index is 11.0. The average Bonchev–Trinajstić information content (AvgIpc) is 2.60. The molecule has 2 N–H and O–H groups in total. The van der Waals surface area contributed by atoms with Crippen LogP contribution in [0.25, 0.3) is 0 Å². The van der Waals surface area contributed by atoms with E-state index in [9.17, 15) is 10.2 Å². The highest BCUT2D eigenvalue weighted by Gasteiger charge is 2.48. The molecule has 2 aromatic rings. The average molecular weight is 240 g/mol. The van der Waals surface area contributed by atoms with E-state index in [-0.39, 0.29) is 0 Å². The molecule has 0 aromatic heterocycles. The van der Waals surface area contributed by atoms with Crippen molar-refractivity contribution in [2.24, 2.45) is 0 Å². The molecular weight excluding hydrogens is 224 g/mol. The second-order valence-electron chi connectivity index (χ2n) is 5.22. The number of rotatable bonds is 1. The molecule has 0 aliphatic heterocycles. The minimum absolute atomic E-state index is 0.295. The fourth-order valence-corrected chi connectivity index (χ4v) is 2.97. The predicted molar refractivity (Wildman–Crippen MR) is 70.1 cm³/mol. The van der Waals surface area contributed by atoms with Crippen LogP contribution in [0.3, 0.4) is 0 Å². The van der Waals surface area contributed by atoms with Gasteiger partial charge in [-0.05, 0) is 23.6 Å². The molecule has 3 rings (SSSR count). The molecule has 0 saturated heterocycles. The number of benzene rings is 2. The van der Waals surface area contributed by atoms with Gasteiger partial charge in [0.1, 0.15) is 5.60 Å². The van der Waals surface area contributed by atoms with E-state index in [0.717, 1.165) is 16.7 Å². The van der Waals surface area contributed by atoms with Crippen molar-refractivity contribution in [3.8, 4) is 0 Å². The zero-order valence-electron chi connectivity index (χ0n) is 10.3. The lowest BCUT2D eigenvalue weighted by atomic mass is 9.87. The summed E-state index contributed by atoms with van der Waals surface area (Å²) in [5.41, 5.74) is 0.371. The van der Waals surface area contributed by atoms with E-state index in [4.69, 9.17) is 0 Å². The van der Waals surface area contributed by atoms with Gasteiger partial charge in [-0.1, -0.05) is 54.6 Å². The second-order valence-corrected chi connectivity index (χ2v) is 5.22. The van der Waals surface area contributed by atoms with Gasteiger partial charge in [0.05, 0.1) is 5.60 Å². The fourth-order valence-electron chi connectivity index (χ4n) is 2.97. The Hall–Kier alpha value is -1.64. The van der Waals surface area contributed by atoms with Crippen LogP contribution < -0.4 is 0 Å². The van der Waals surface area contributed by atoms with Crippen molar-refractivity contribution in [2.45, 2.75) is 24.5 Å². The molecule has 0 bridgehead atoms. The van der Waals surface area contributed by atoms with Gasteiger partial charge in [0.2, 0.25) is 0 Å². The lowest BCUT2D eigenvalue weighted by Crippen LogP contribution is -2.27. The first-order valence-corrected chi connectivity index (χ1v) is 6.14. The molecule has 1 aliphatic carbocycles. The van der Waals surface area contributed by atoms with E-state index in [1.807, 2.05) is 54.6 Å². The Labute approximate surface area is 107 Å². The molecule has 0 saturated carbocycles. The van der Waals surface area contributed by atoms with Crippen molar-refractivity contribution in [3.63, 3.8) is 0 Å². The van der Waals surface area contributed by atoms with Crippen LogP contribution in [0.1, 0.15) is 30.0 Å². The molecular formula is C16H16O2. The summed E-state index contributed by atoms with van der Waals surface area (Å²) in [4.78, 5) is 0. The molecule has 2 atom stereocenters. The van der Waals surface area contributed by atoms with Crippen LogP contribution in [0, 0.1) is 0 Å². The molecule has 0 amide bonds. The summed E-state index contributed by atoms with van der Waals surface area (Å²) in [6.07, 6.45) is 0.295.